The van der Waals surface area contributed by atoms with Gasteiger partial charge in [-0.25, -0.2) is 0 Å². The first-order valence-electron chi connectivity index (χ1n) is 7.59. The van der Waals surface area contributed by atoms with E-state index >= 15 is 0 Å². The van der Waals surface area contributed by atoms with E-state index in [0.29, 0.717) is 12.3 Å². The second kappa shape index (κ2) is 8.72. The Morgan fingerprint density at radius 2 is 2.05 bits per heavy atom. The van der Waals surface area contributed by atoms with Gasteiger partial charge in [0.15, 0.2) is 0 Å². The minimum atomic E-state index is -0.0980. The lowest BCUT2D eigenvalue weighted by Crippen LogP contribution is -2.29. The van der Waals surface area contributed by atoms with Gasteiger partial charge in [-0.2, -0.15) is 0 Å². The zero-order valence-electron chi connectivity index (χ0n) is 12.9. The molecule has 0 saturated heterocycles. The zero-order chi connectivity index (χ0) is 15.6. The fourth-order valence-corrected chi connectivity index (χ4v) is 2.19. The van der Waals surface area contributed by atoms with Crippen molar-refractivity contribution in [2.24, 2.45) is 0 Å². The molecule has 0 unspecified atom stereocenters. The Morgan fingerprint density at radius 1 is 1.23 bits per heavy atom. The molecule has 0 bridgehead atoms. The summed E-state index contributed by atoms with van der Waals surface area (Å²) in [6.07, 6.45) is 5.65. The number of carbonyl (C=O) groups excluding carboxylic acids is 1. The van der Waals surface area contributed by atoms with Crippen LogP contribution in [-0.4, -0.2) is 25.5 Å². The van der Waals surface area contributed by atoms with Crippen molar-refractivity contribution in [2.75, 3.05) is 24.5 Å². The number of hydrogen-bond donors (Lipinski definition) is 1. The second-order valence-electron chi connectivity index (χ2n) is 4.91. The molecule has 2 aromatic rings. The van der Waals surface area contributed by atoms with Gasteiger partial charge in [0.2, 0.25) is 5.91 Å². The van der Waals surface area contributed by atoms with E-state index in [4.69, 9.17) is 4.42 Å². The Hall–Kier alpha value is -2.49. The molecule has 1 aromatic heterocycles. The van der Waals surface area contributed by atoms with Crippen molar-refractivity contribution in [3.63, 3.8) is 0 Å². The molecule has 0 radical (unpaired) electrons. The fourth-order valence-electron chi connectivity index (χ4n) is 2.19. The molecule has 0 saturated carbocycles. The van der Waals surface area contributed by atoms with E-state index in [9.17, 15) is 4.79 Å². The van der Waals surface area contributed by atoms with Crippen molar-refractivity contribution >= 4 is 17.7 Å². The normalized spacial score (nSPS) is 10.8. The first-order chi connectivity index (χ1) is 10.8. The third kappa shape index (κ3) is 5.13. The molecule has 0 fully saturated rings. The van der Waals surface area contributed by atoms with E-state index in [-0.39, 0.29) is 5.91 Å². The number of amides is 1. The van der Waals surface area contributed by atoms with Crippen molar-refractivity contribution < 1.29 is 9.21 Å². The lowest BCUT2D eigenvalue weighted by molar-refractivity contribution is -0.116. The molecule has 1 heterocycles. The summed E-state index contributed by atoms with van der Waals surface area (Å²) in [6.45, 7) is 4.67. The van der Waals surface area contributed by atoms with Crippen LogP contribution in [0.3, 0.4) is 0 Å². The maximum atomic E-state index is 11.7. The molecule has 4 nitrogen and oxygen atoms in total. The molecule has 4 heteroatoms. The molecule has 2 rings (SSSR count). The number of furan rings is 1. The average molecular weight is 298 g/mol. The van der Waals surface area contributed by atoms with Crippen molar-refractivity contribution in [1.82, 2.24) is 5.32 Å². The first-order valence-corrected chi connectivity index (χ1v) is 7.59. The molecule has 116 valence electrons. The van der Waals surface area contributed by atoms with Gasteiger partial charge in [-0.05, 0) is 43.7 Å². The molecule has 0 spiro atoms. The highest BCUT2D eigenvalue weighted by Crippen LogP contribution is 2.12. The van der Waals surface area contributed by atoms with Gasteiger partial charge in [0, 0.05) is 31.4 Å². The summed E-state index contributed by atoms with van der Waals surface area (Å²) in [6, 6.07) is 13.9. The third-order valence-corrected chi connectivity index (χ3v) is 3.35. The molecule has 0 aliphatic carbocycles. The molecule has 1 aromatic carbocycles. The van der Waals surface area contributed by atoms with Gasteiger partial charge in [0.1, 0.15) is 5.76 Å². The van der Waals surface area contributed by atoms with Crippen LogP contribution in [0.1, 0.15) is 19.1 Å². The minimum absolute atomic E-state index is 0.0980. The number of benzene rings is 1. The Kier molecular flexibility index (Phi) is 6.30. The van der Waals surface area contributed by atoms with E-state index in [1.54, 1.807) is 18.4 Å². The van der Waals surface area contributed by atoms with E-state index in [2.05, 4.69) is 29.3 Å². The molecule has 1 N–H and O–H groups in total. The number of anilines is 1. The summed E-state index contributed by atoms with van der Waals surface area (Å²) in [7, 11) is 0. The third-order valence-electron chi connectivity index (χ3n) is 3.35. The number of carbonyl (C=O) groups is 1. The minimum Gasteiger partial charge on any atom is -0.465 e. The van der Waals surface area contributed by atoms with Gasteiger partial charge in [-0.1, -0.05) is 18.2 Å². The van der Waals surface area contributed by atoms with Crippen molar-refractivity contribution in [2.45, 2.75) is 13.3 Å². The lowest BCUT2D eigenvalue weighted by Gasteiger charge is -2.23. The summed E-state index contributed by atoms with van der Waals surface area (Å²) in [4.78, 5) is 14.0. The molecular weight excluding hydrogens is 276 g/mol. The van der Waals surface area contributed by atoms with Gasteiger partial charge in [-0.3, -0.25) is 4.79 Å². The molecule has 0 atom stereocenters. The summed E-state index contributed by atoms with van der Waals surface area (Å²) in [5.41, 5.74) is 1.22. The second-order valence-corrected chi connectivity index (χ2v) is 4.91. The van der Waals surface area contributed by atoms with Crippen LogP contribution in [0.2, 0.25) is 0 Å². The molecule has 22 heavy (non-hydrogen) atoms. The van der Waals surface area contributed by atoms with Gasteiger partial charge >= 0.3 is 0 Å². The van der Waals surface area contributed by atoms with Gasteiger partial charge in [0.05, 0.1) is 6.26 Å². The van der Waals surface area contributed by atoms with Gasteiger partial charge in [0.25, 0.3) is 0 Å². The van der Waals surface area contributed by atoms with Crippen LogP contribution < -0.4 is 10.2 Å². The van der Waals surface area contributed by atoms with Crippen molar-refractivity contribution in [3.8, 4) is 0 Å². The molecule has 0 aliphatic heterocycles. The Bertz CT molecular complexity index is 576. The topological polar surface area (TPSA) is 45.5 Å². The highest BCUT2D eigenvalue weighted by molar-refractivity contribution is 5.91. The number of para-hydroxylation sites is 1. The molecule has 1 amide bonds. The van der Waals surface area contributed by atoms with E-state index in [0.717, 1.165) is 19.5 Å². The van der Waals surface area contributed by atoms with Gasteiger partial charge in [-0.15, -0.1) is 0 Å². The van der Waals surface area contributed by atoms with Crippen molar-refractivity contribution in [1.29, 1.82) is 0 Å². The summed E-state index contributed by atoms with van der Waals surface area (Å²) < 4.78 is 5.13. The summed E-state index contributed by atoms with van der Waals surface area (Å²) in [5, 5.41) is 2.88. The Balaban J connectivity index is 1.69. The van der Waals surface area contributed by atoms with E-state index in [1.807, 2.05) is 24.3 Å². The summed E-state index contributed by atoms with van der Waals surface area (Å²) >= 11 is 0. The smallest absolute Gasteiger partial charge is 0.244 e. The van der Waals surface area contributed by atoms with Crippen LogP contribution >= 0.6 is 0 Å². The van der Waals surface area contributed by atoms with Crippen LogP contribution in [0, 0.1) is 0 Å². The zero-order valence-corrected chi connectivity index (χ0v) is 12.9. The highest BCUT2D eigenvalue weighted by Gasteiger charge is 2.03. The SMILES string of the molecule is CCN(CCCNC(=O)/C=C/c1ccco1)c1ccccc1. The van der Waals surface area contributed by atoms with Crippen LogP contribution in [0.5, 0.6) is 0 Å². The number of hydrogen-bond acceptors (Lipinski definition) is 3. The van der Waals surface area contributed by atoms with Gasteiger partial charge < -0.3 is 14.6 Å². The predicted molar refractivity (Wildman–Crippen MR) is 89.7 cm³/mol. The molecule has 0 aliphatic rings. The Morgan fingerprint density at radius 3 is 2.73 bits per heavy atom. The number of nitrogens with one attached hydrogen (secondary N) is 1. The van der Waals surface area contributed by atoms with E-state index in [1.165, 1.54) is 11.8 Å². The van der Waals surface area contributed by atoms with Crippen LogP contribution in [0.15, 0.2) is 59.2 Å². The standard InChI is InChI=1S/C18H22N2O2/c1-2-20(16-8-4-3-5-9-16)14-7-13-19-18(21)12-11-17-10-6-15-22-17/h3-6,8-12,15H,2,7,13-14H2,1H3,(H,19,21)/b12-11+. The predicted octanol–water partition coefficient (Wildman–Crippen LogP) is 3.33. The quantitative estimate of drug-likeness (QED) is 0.600. The first kappa shape index (κ1) is 15.9. The van der Waals surface area contributed by atoms with Crippen molar-refractivity contribution in [3.05, 3.63) is 60.6 Å². The number of rotatable bonds is 8. The van der Waals surface area contributed by atoms with Crippen LogP contribution in [0.25, 0.3) is 6.08 Å². The monoisotopic (exact) mass is 298 g/mol. The maximum absolute atomic E-state index is 11.7. The summed E-state index contributed by atoms with van der Waals surface area (Å²) in [5.74, 6) is 0.579. The average Bonchev–Trinajstić information content (AvgIpc) is 3.07. The van der Waals surface area contributed by atoms with E-state index < -0.39 is 0 Å². The van der Waals surface area contributed by atoms with Crippen LogP contribution in [-0.2, 0) is 4.79 Å². The highest BCUT2D eigenvalue weighted by atomic mass is 16.3. The maximum Gasteiger partial charge on any atom is 0.244 e. The largest absolute Gasteiger partial charge is 0.465 e. The van der Waals surface area contributed by atoms with Crippen LogP contribution in [0.4, 0.5) is 5.69 Å². The number of nitrogens with zero attached hydrogens (tertiary/aromatic N) is 1. The Labute approximate surface area is 131 Å². The molecular formula is C18H22N2O2. The fraction of sp³-hybridized carbons (Fsp3) is 0.278. The lowest BCUT2D eigenvalue weighted by atomic mass is 10.2.